The minimum atomic E-state index is -0.319. The number of hydrogen-bond donors (Lipinski definition) is 1. The molecule has 0 aliphatic rings. The zero-order valence-corrected chi connectivity index (χ0v) is 11.4. The number of benzene rings is 1. The standard InChI is InChI=1S/C14H21ClFN/c1-3-8-17-10-11(4-2)9-12-6-5-7-13(16)14(12)15/h5-7,11,17H,3-4,8-10H2,1-2H3. The van der Waals surface area contributed by atoms with Gasteiger partial charge in [-0.3, -0.25) is 0 Å². The quantitative estimate of drug-likeness (QED) is 0.727. The fraction of sp³-hybridized carbons (Fsp3) is 0.571. The average Bonchev–Trinajstić information content (AvgIpc) is 2.33. The van der Waals surface area contributed by atoms with Crippen molar-refractivity contribution in [3.05, 3.63) is 34.6 Å². The molecular formula is C14H21ClFN. The van der Waals surface area contributed by atoms with E-state index in [2.05, 4.69) is 19.2 Å². The van der Waals surface area contributed by atoms with Gasteiger partial charge in [-0.2, -0.15) is 0 Å². The summed E-state index contributed by atoms with van der Waals surface area (Å²) in [4.78, 5) is 0. The summed E-state index contributed by atoms with van der Waals surface area (Å²) >= 11 is 5.96. The molecule has 0 aliphatic carbocycles. The predicted molar refractivity (Wildman–Crippen MR) is 72.1 cm³/mol. The average molecular weight is 258 g/mol. The molecule has 96 valence electrons. The number of rotatable bonds is 7. The van der Waals surface area contributed by atoms with E-state index in [-0.39, 0.29) is 10.8 Å². The summed E-state index contributed by atoms with van der Waals surface area (Å²) in [6, 6.07) is 5.04. The predicted octanol–water partition coefficient (Wildman–Crippen LogP) is 4.05. The Kier molecular flexibility index (Phi) is 6.53. The van der Waals surface area contributed by atoms with Crippen LogP contribution in [0.2, 0.25) is 5.02 Å². The lowest BCUT2D eigenvalue weighted by atomic mass is 9.96. The Morgan fingerprint density at radius 2 is 2.12 bits per heavy atom. The van der Waals surface area contributed by atoms with E-state index in [0.29, 0.717) is 5.92 Å². The second-order valence-corrected chi connectivity index (χ2v) is 4.77. The highest BCUT2D eigenvalue weighted by molar-refractivity contribution is 6.31. The smallest absolute Gasteiger partial charge is 0.142 e. The van der Waals surface area contributed by atoms with Gasteiger partial charge in [0.05, 0.1) is 5.02 Å². The van der Waals surface area contributed by atoms with E-state index in [1.54, 1.807) is 6.07 Å². The Labute approximate surface area is 108 Å². The van der Waals surface area contributed by atoms with Crippen molar-refractivity contribution in [3.63, 3.8) is 0 Å². The Balaban J connectivity index is 2.57. The fourth-order valence-electron chi connectivity index (χ4n) is 1.86. The van der Waals surface area contributed by atoms with Crippen molar-refractivity contribution in [1.82, 2.24) is 5.32 Å². The molecule has 1 unspecified atom stereocenters. The molecule has 0 spiro atoms. The highest BCUT2D eigenvalue weighted by atomic mass is 35.5. The molecule has 1 aromatic rings. The maximum Gasteiger partial charge on any atom is 0.142 e. The van der Waals surface area contributed by atoms with Gasteiger partial charge in [-0.1, -0.05) is 44.0 Å². The Bertz CT molecular complexity index is 341. The first-order valence-electron chi connectivity index (χ1n) is 6.32. The Morgan fingerprint density at radius 1 is 1.35 bits per heavy atom. The summed E-state index contributed by atoms with van der Waals surface area (Å²) in [5.41, 5.74) is 0.914. The molecule has 1 atom stereocenters. The third kappa shape index (κ3) is 4.64. The number of halogens is 2. The third-order valence-electron chi connectivity index (χ3n) is 2.98. The van der Waals surface area contributed by atoms with Crippen molar-refractivity contribution >= 4 is 11.6 Å². The zero-order chi connectivity index (χ0) is 12.7. The molecule has 0 bridgehead atoms. The van der Waals surface area contributed by atoms with E-state index < -0.39 is 0 Å². The molecule has 1 aromatic carbocycles. The highest BCUT2D eigenvalue weighted by Crippen LogP contribution is 2.23. The van der Waals surface area contributed by atoms with Gasteiger partial charge in [-0.15, -0.1) is 0 Å². The summed E-state index contributed by atoms with van der Waals surface area (Å²) in [6.45, 7) is 6.31. The van der Waals surface area contributed by atoms with Crippen LogP contribution in [0.3, 0.4) is 0 Å². The Morgan fingerprint density at radius 3 is 2.76 bits per heavy atom. The summed E-state index contributed by atoms with van der Waals surface area (Å²) in [7, 11) is 0. The van der Waals surface area contributed by atoms with Crippen LogP contribution in [0.15, 0.2) is 18.2 Å². The maximum absolute atomic E-state index is 13.3. The lowest BCUT2D eigenvalue weighted by Crippen LogP contribution is -2.24. The van der Waals surface area contributed by atoms with Crippen molar-refractivity contribution in [1.29, 1.82) is 0 Å². The first-order valence-corrected chi connectivity index (χ1v) is 6.70. The van der Waals surface area contributed by atoms with Crippen LogP contribution in [0.25, 0.3) is 0 Å². The SMILES string of the molecule is CCCNCC(CC)Cc1cccc(F)c1Cl. The minimum Gasteiger partial charge on any atom is -0.316 e. The van der Waals surface area contributed by atoms with Crippen LogP contribution in [0.5, 0.6) is 0 Å². The van der Waals surface area contributed by atoms with Crippen molar-refractivity contribution < 1.29 is 4.39 Å². The summed E-state index contributed by atoms with van der Waals surface area (Å²) < 4.78 is 13.3. The molecule has 0 amide bonds. The molecule has 0 aromatic heterocycles. The van der Waals surface area contributed by atoms with Crippen molar-refractivity contribution in [2.45, 2.75) is 33.1 Å². The molecule has 0 saturated carbocycles. The van der Waals surface area contributed by atoms with Crippen LogP contribution in [-0.4, -0.2) is 13.1 Å². The van der Waals surface area contributed by atoms with E-state index in [0.717, 1.165) is 37.9 Å². The second-order valence-electron chi connectivity index (χ2n) is 4.40. The molecule has 17 heavy (non-hydrogen) atoms. The van der Waals surface area contributed by atoms with Gasteiger partial charge in [0.1, 0.15) is 5.82 Å². The zero-order valence-electron chi connectivity index (χ0n) is 10.6. The highest BCUT2D eigenvalue weighted by Gasteiger charge is 2.11. The van der Waals surface area contributed by atoms with Crippen molar-refractivity contribution in [2.75, 3.05) is 13.1 Å². The molecule has 1 rings (SSSR count). The first-order chi connectivity index (χ1) is 8.19. The summed E-state index contributed by atoms with van der Waals surface area (Å²) in [5.74, 6) is 0.196. The van der Waals surface area contributed by atoms with Gasteiger partial charge in [-0.25, -0.2) is 4.39 Å². The molecule has 1 nitrogen and oxygen atoms in total. The van der Waals surface area contributed by atoms with Gasteiger partial charge in [0.25, 0.3) is 0 Å². The van der Waals surface area contributed by atoms with Crippen LogP contribution < -0.4 is 5.32 Å². The van der Waals surface area contributed by atoms with Crippen LogP contribution in [0.1, 0.15) is 32.3 Å². The van der Waals surface area contributed by atoms with E-state index in [1.807, 2.05) is 6.07 Å². The number of nitrogens with one attached hydrogen (secondary N) is 1. The van der Waals surface area contributed by atoms with Gasteiger partial charge in [0.2, 0.25) is 0 Å². The largest absolute Gasteiger partial charge is 0.316 e. The molecule has 0 saturated heterocycles. The van der Waals surface area contributed by atoms with Gasteiger partial charge in [0.15, 0.2) is 0 Å². The third-order valence-corrected chi connectivity index (χ3v) is 3.40. The molecule has 0 radical (unpaired) electrons. The van der Waals surface area contributed by atoms with Crippen molar-refractivity contribution in [2.24, 2.45) is 5.92 Å². The Hall–Kier alpha value is -0.600. The lowest BCUT2D eigenvalue weighted by Gasteiger charge is -2.16. The normalized spacial score (nSPS) is 12.7. The van der Waals surface area contributed by atoms with E-state index in [1.165, 1.54) is 6.07 Å². The van der Waals surface area contributed by atoms with Crippen LogP contribution in [-0.2, 0) is 6.42 Å². The molecule has 3 heteroatoms. The fourth-order valence-corrected chi connectivity index (χ4v) is 2.06. The molecule has 0 fully saturated rings. The van der Waals surface area contributed by atoms with Crippen molar-refractivity contribution in [3.8, 4) is 0 Å². The second kappa shape index (κ2) is 7.67. The van der Waals surface area contributed by atoms with Gasteiger partial charge >= 0.3 is 0 Å². The summed E-state index contributed by atoms with van der Waals surface area (Å²) in [6.07, 6.45) is 3.05. The van der Waals surface area contributed by atoms with E-state index in [9.17, 15) is 4.39 Å². The van der Waals surface area contributed by atoms with Crippen LogP contribution >= 0.6 is 11.6 Å². The van der Waals surface area contributed by atoms with E-state index in [4.69, 9.17) is 11.6 Å². The minimum absolute atomic E-state index is 0.279. The van der Waals surface area contributed by atoms with E-state index >= 15 is 0 Å². The summed E-state index contributed by atoms with van der Waals surface area (Å²) in [5, 5.41) is 3.68. The first kappa shape index (κ1) is 14.5. The molecule has 1 N–H and O–H groups in total. The molecule has 0 heterocycles. The van der Waals surface area contributed by atoms with Crippen LogP contribution in [0, 0.1) is 11.7 Å². The monoisotopic (exact) mass is 257 g/mol. The van der Waals surface area contributed by atoms with Gasteiger partial charge in [-0.05, 0) is 43.5 Å². The van der Waals surface area contributed by atoms with Crippen LogP contribution in [0.4, 0.5) is 4.39 Å². The maximum atomic E-state index is 13.3. The van der Waals surface area contributed by atoms with Gasteiger partial charge < -0.3 is 5.32 Å². The molecular weight excluding hydrogens is 237 g/mol. The topological polar surface area (TPSA) is 12.0 Å². The van der Waals surface area contributed by atoms with Gasteiger partial charge in [0, 0.05) is 0 Å². The molecule has 0 aliphatic heterocycles. The number of hydrogen-bond acceptors (Lipinski definition) is 1. The lowest BCUT2D eigenvalue weighted by molar-refractivity contribution is 0.459.